The standard InChI is InChI=1S/C118H88BN3S/c1-116(2,3)85-54-56-93-106(69-85)123-115-114(93)122(113-98(73-34-18-12-19-35-73)67-87(118(7,8)9)68-99(113)74-36-20-13-21-37-74)105-64-82(81-58-83(94-61-79-42-26-38-75-50-52-77-40-28-46-91(94)109(77)107(75)79)60-84(59-81)95-62-80-43-27-39-76-51-53-78-41-29-47-92(95)110(78)108(76)80)63-104-111(105)119(115)100-57-55-88(120-101-48-24-22-44-89(101)90-45-23-25-49-102(90)120)70-103(100)121(104)112-96(71-30-14-10-15-31-71)65-86(117(4,5)6)66-97(112)72-32-16-11-17-33-72/h10-70H,1-9H3/i55D,57D,70D. The van der Waals surface area contributed by atoms with Crippen molar-refractivity contribution in [3.63, 3.8) is 0 Å². The van der Waals surface area contributed by atoms with Crippen molar-refractivity contribution in [2.24, 2.45) is 0 Å². The third-order valence-corrected chi connectivity index (χ3v) is 27.9. The van der Waals surface area contributed by atoms with Gasteiger partial charge in [-0.2, -0.15) is 0 Å². The van der Waals surface area contributed by atoms with E-state index < -0.39 is 6.71 Å². The van der Waals surface area contributed by atoms with Gasteiger partial charge < -0.3 is 14.4 Å². The average molecular weight is 1590 g/mol. The molecule has 0 spiro atoms. The van der Waals surface area contributed by atoms with Crippen LogP contribution < -0.4 is 25.5 Å². The summed E-state index contributed by atoms with van der Waals surface area (Å²) >= 11 is 1.80. The molecule has 5 heteroatoms. The van der Waals surface area contributed by atoms with E-state index in [1.54, 1.807) is 11.3 Å². The van der Waals surface area contributed by atoms with Gasteiger partial charge in [-0.25, -0.2) is 0 Å². The third kappa shape index (κ3) is 11.4. The molecule has 0 saturated carbocycles. The second kappa shape index (κ2) is 27.2. The third-order valence-electron chi connectivity index (χ3n) is 26.7. The van der Waals surface area contributed by atoms with Crippen molar-refractivity contribution in [2.45, 2.75) is 78.6 Å². The van der Waals surface area contributed by atoms with Crippen LogP contribution in [-0.4, -0.2) is 11.3 Å². The first-order chi connectivity index (χ1) is 61.2. The normalized spacial score (nSPS) is 13.4. The lowest BCUT2D eigenvalue weighted by Crippen LogP contribution is -2.60. The van der Waals surface area contributed by atoms with Crippen LogP contribution in [-0.2, 0) is 16.2 Å². The van der Waals surface area contributed by atoms with Crippen LogP contribution in [0.1, 0.15) is 83.1 Å². The number of fused-ring (bicyclic) bond motifs is 9. The van der Waals surface area contributed by atoms with Crippen LogP contribution >= 0.6 is 11.3 Å². The van der Waals surface area contributed by atoms with Crippen molar-refractivity contribution < 1.29 is 4.11 Å². The first-order valence-corrected chi connectivity index (χ1v) is 44.0. The maximum atomic E-state index is 12.1. The molecule has 2 aliphatic rings. The molecular formula is C118H88BN3S. The maximum absolute atomic E-state index is 12.1. The van der Waals surface area contributed by atoms with Crippen molar-refractivity contribution in [3.05, 3.63) is 387 Å². The number of benzene rings is 20. The van der Waals surface area contributed by atoms with E-state index in [-0.39, 0.29) is 34.4 Å². The summed E-state index contributed by atoms with van der Waals surface area (Å²) in [6.07, 6.45) is 0. The molecule has 4 heterocycles. The number of rotatable bonds is 10. The van der Waals surface area contributed by atoms with E-state index in [0.717, 1.165) is 154 Å². The number of aromatic nitrogens is 1. The van der Waals surface area contributed by atoms with Crippen molar-refractivity contribution in [2.75, 3.05) is 9.80 Å². The average Bonchev–Trinajstić information content (AvgIpc) is 1.26. The van der Waals surface area contributed by atoms with Gasteiger partial charge in [0.15, 0.2) is 0 Å². The highest BCUT2D eigenvalue weighted by Crippen LogP contribution is 2.58. The summed E-state index contributed by atoms with van der Waals surface area (Å²) in [6, 6.07) is 132. The summed E-state index contributed by atoms with van der Waals surface area (Å²) in [6.45, 7) is 20.1. The van der Waals surface area contributed by atoms with E-state index in [2.05, 4.69) is 429 Å². The van der Waals surface area contributed by atoms with Gasteiger partial charge in [0.05, 0.1) is 32.2 Å². The molecule has 0 atom stereocenters. The van der Waals surface area contributed by atoms with Crippen molar-refractivity contribution in [1.82, 2.24) is 4.57 Å². The summed E-state index contributed by atoms with van der Waals surface area (Å²) in [5, 5.41) is 17.7. The highest BCUT2D eigenvalue weighted by molar-refractivity contribution is 7.33. The SMILES string of the molecule is [2H]c1c([2H])c(-n2c3ccccc3c3ccccc32)c([2H])c2c1B1c3sc4cc(C(C)(C)C)ccc4c3N(c3c(-c4ccccc4)cc(C(C)(C)C)cc3-c3ccccc3)c3cc(-c4cc(-c5cc6cccc7ccc8cccc5c8c76)cc(-c5cc6cccc7ccc8cccc5c8c76)c4)cc(c31)N2c1c(-c2ccccc2)cc(C(C)(C)C)cc1-c1ccccc1. The molecule has 0 N–H and O–H groups in total. The molecule has 24 rings (SSSR count). The molecule has 2 aromatic heterocycles. The summed E-state index contributed by atoms with van der Waals surface area (Å²) in [5.41, 5.74) is 26.2. The molecule has 0 bridgehead atoms. The Morgan fingerprint density at radius 2 is 0.667 bits per heavy atom. The van der Waals surface area contributed by atoms with Crippen LogP contribution in [0.5, 0.6) is 0 Å². The van der Waals surface area contributed by atoms with Crippen LogP contribution in [0.3, 0.4) is 0 Å². The first kappa shape index (κ1) is 69.7. The largest absolute Gasteiger partial charge is 0.310 e. The Bertz CT molecular complexity index is 7970. The van der Waals surface area contributed by atoms with Crippen LogP contribution in [0.15, 0.2) is 370 Å². The minimum Gasteiger partial charge on any atom is -0.310 e. The second-order valence-electron chi connectivity index (χ2n) is 37.2. The molecule has 0 amide bonds. The van der Waals surface area contributed by atoms with Crippen molar-refractivity contribution in [3.8, 4) is 83.6 Å². The smallest absolute Gasteiger partial charge is 0.264 e. The molecule has 123 heavy (non-hydrogen) atoms. The molecular weight excluding hydrogens is 1500 g/mol. The summed E-state index contributed by atoms with van der Waals surface area (Å²) in [7, 11) is 0. The van der Waals surface area contributed by atoms with Gasteiger partial charge in [0.1, 0.15) is 0 Å². The molecule has 3 nitrogen and oxygen atoms in total. The van der Waals surface area contributed by atoms with E-state index >= 15 is 0 Å². The predicted octanol–water partition coefficient (Wildman–Crippen LogP) is 31.4. The minimum absolute atomic E-state index is 0.0143. The van der Waals surface area contributed by atoms with Gasteiger partial charge in [0.25, 0.3) is 6.71 Å². The summed E-state index contributed by atoms with van der Waals surface area (Å²) in [4.78, 5) is 5.14. The molecule has 0 radical (unpaired) electrons. The highest BCUT2D eigenvalue weighted by Gasteiger charge is 2.48. The molecule has 0 saturated heterocycles. The first-order valence-electron chi connectivity index (χ1n) is 44.7. The van der Waals surface area contributed by atoms with E-state index in [0.29, 0.717) is 16.8 Å². The zero-order valence-corrected chi connectivity index (χ0v) is 71.1. The number of thiophene rings is 1. The molecule has 0 aliphatic carbocycles. The zero-order chi connectivity index (χ0) is 85.2. The van der Waals surface area contributed by atoms with Gasteiger partial charge in [-0.15, -0.1) is 11.3 Å². The van der Waals surface area contributed by atoms with Crippen LogP contribution in [0.25, 0.3) is 180 Å². The van der Waals surface area contributed by atoms with Gasteiger partial charge in [-0.3, -0.25) is 0 Å². The fourth-order valence-electron chi connectivity index (χ4n) is 20.7. The Hall–Kier alpha value is -14.1. The number of anilines is 6. The lowest BCUT2D eigenvalue weighted by molar-refractivity contribution is 0.590. The van der Waals surface area contributed by atoms with Gasteiger partial charge in [-0.1, -0.05) is 335 Å². The summed E-state index contributed by atoms with van der Waals surface area (Å²) < 4.78 is 39.3. The quantitative estimate of drug-likeness (QED) is 0.0999. The Kier molecular flexibility index (Phi) is 15.4. The fraction of sp³-hybridized carbons (Fsp3) is 0.102. The van der Waals surface area contributed by atoms with E-state index in [4.69, 9.17) is 0 Å². The lowest BCUT2D eigenvalue weighted by atomic mass is 9.36. The number of para-hydroxylation sites is 2. The Morgan fingerprint density at radius 1 is 0.276 bits per heavy atom. The second-order valence-corrected chi connectivity index (χ2v) is 38.3. The predicted molar refractivity (Wildman–Crippen MR) is 532 cm³/mol. The van der Waals surface area contributed by atoms with E-state index in [1.807, 2.05) is 0 Å². The molecule has 22 aromatic rings. The Morgan fingerprint density at radius 3 is 1.13 bits per heavy atom. The highest BCUT2D eigenvalue weighted by atomic mass is 32.1. The molecule has 0 unspecified atom stereocenters. The fourth-order valence-corrected chi connectivity index (χ4v) is 22.0. The topological polar surface area (TPSA) is 11.4 Å². The Labute approximate surface area is 726 Å². The molecule has 20 aromatic carbocycles. The van der Waals surface area contributed by atoms with E-state index in [9.17, 15) is 4.11 Å². The van der Waals surface area contributed by atoms with Gasteiger partial charge >= 0.3 is 0 Å². The van der Waals surface area contributed by atoms with Gasteiger partial charge in [-0.05, 0) is 261 Å². The maximum Gasteiger partial charge on any atom is 0.264 e. The zero-order valence-electron chi connectivity index (χ0n) is 73.3. The van der Waals surface area contributed by atoms with Crippen LogP contribution in [0.4, 0.5) is 34.1 Å². The van der Waals surface area contributed by atoms with Crippen molar-refractivity contribution >= 4 is 164 Å². The van der Waals surface area contributed by atoms with E-state index in [1.165, 1.54) is 75.8 Å². The van der Waals surface area contributed by atoms with Gasteiger partial charge in [0.2, 0.25) is 0 Å². The molecule has 584 valence electrons. The Balaban J connectivity index is 0.933. The monoisotopic (exact) mass is 1590 g/mol. The molecule has 0 fully saturated rings. The molecule has 2 aliphatic heterocycles. The van der Waals surface area contributed by atoms with Crippen LogP contribution in [0, 0.1) is 0 Å². The summed E-state index contributed by atoms with van der Waals surface area (Å²) in [5.74, 6) is 0. The number of hydrogen-bond acceptors (Lipinski definition) is 3. The lowest BCUT2D eigenvalue weighted by Gasteiger charge is -2.45. The van der Waals surface area contributed by atoms with Crippen molar-refractivity contribution in [1.29, 1.82) is 0 Å². The minimum atomic E-state index is -0.721. The number of nitrogens with zero attached hydrogens (tertiary/aromatic N) is 3. The number of hydrogen-bond donors (Lipinski definition) is 0. The van der Waals surface area contributed by atoms with Crippen LogP contribution in [0.2, 0.25) is 0 Å². The van der Waals surface area contributed by atoms with Gasteiger partial charge in [0, 0.05) is 70.6 Å².